The highest BCUT2D eigenvalue weighted by Gasteiger charge is 2.22. The van der Waals surface area contributed by atoms with Crippen LogP contribution in [0.25, 0.3) is 0 Å². The van der Waals surface area contributed by atoms with E-state index in [2.05, 4.69) is 5.32 Å². The van der Waals surface area contributed by atoms with Crippen molar-refractivity contribution in [1.82, 2.24) is 5.32 Å². The molecule has 110 valence electrons. The van der Waals surface area contributed by atoms with E-state index in [9.17, 15) is 10.2 Å². The predicted molar refractivity (Wildman–Crippen MR) is 80.9 cm³/mol. The highest BCUT2D eigenvalue weighted by Crippen LogP contribution is 2.35. The number of fused-ring (bicyclic) bond motifs is 1. The molecule has 0 fully saturated rings. The lowest BCUT2D eigenvalue weighted by atomic mass is 9.90. The van der Waals surface area contributed by atoms with Crippen LogP contribution in [0.5, 0.6) is 17.2 Å². The molecule has 0 amide bonds. The molecule has 0 aliphatic carbocycles. The Morgan fingerprint density at radius 2 is 2.10 bits per heavy atom. The van der Waals surface area contributed by atoms with Crippen molar-refractivity contribution >= 4 is 0 Å². The van der Waals surface area contributed by atoms with Crippen LogP contribution >= 0.6 is 0 Å². The number of aromatic hydroxyl groups is 2. The zero-order chi connectivity index (χ0) is 14.8. The molecule has 0 unspecified atom stereocenters. The summed E-state index contributed by atoms with van der Waals surface area (Å²) in [7, 11) is 1.56. The van der Waals surface area contributed by atoms with Crippen molar-refractivity contribution < 1.29 is 14.9 Å². The number of nitrogens with one attached hydrogen (secondary N) is 1. The number of hydrogen-bond acceptors (Lipinski definition) is 4. The Kier molecular flexibility index (Phi) is 3.71. The molecular formula is C17H19NO3. The molecule has 2 aromatic carbocycles. The SMILES string of the molecule is COc1cc2c(cc1O)[C@@H](Cc1cccc(O)c1)NCC2. The first kappa shape index (κ1) is 13.8. The molecule has 3 rings (SSSR count). The van der Waals surface area contributed by atoms with E-state index in [0.717, 1.165) is 30.5 Å². The lowest BCUT2D eigenvalue weighted by Crippen LogP contribution is -2.31. The standard InChI is InChI=1S/C17H19NO3/c1-21-17-9-12-5-6-18-15(14(12)10-16(17)20)8-11-3-2-4-13(19)7-11/h2-4,7,9-10,15,18-20H,5-6,8H2,1H3/t15-/m1/s1. The quantitative estimate of drug-likeness (QED) is 0.811. The third-order valence-corrected chi connectivity index (χ3v) is 3.95. The fourth-order valence-electron chi connectivity index (χ4n) is 2.92. The van der Waals surface area contributed by atoms with Crippen LogP contribution in [0.2, 0.25) is 0 Å². The first-order chi connectivity index (χ1) is 10.2. The molecule has 0 saturated carbocycles. The monoisotopic (exact) mass is 285 g/mol. The number of hydrogen-bond donors (Lipinski definition) is 3. The molecule has 1 atom stereocenters. The second-order valence-corrected chi connectivity index (χ2v) is 5.35. The molecule has 0 radical (unpaired) electrons. The van der Waals surface area contributed by atoms with Gasteiger partial charge in [0.15, 0.2) is 11.5 Å². The molecule has 1 aliphatic rings. The molecule has 1 heterocycles. The van der Waals surface area contributed by atoms with Crippen molar-refractivity contribution in [2.45, 2.75) is 18.9 Å². The molecule has 4 nitrogen and oxygen atoms in total. The van der Waals surface area contributed by atoms with Crippen molar-refractivity contribution in [2.24, 2.45) is 0 Å². The van der Waals surface area contributed by atoms with Gasteiger partial charge in [0.2, 0.25) is 0 Å². The Balaban J connectivity index is 1.91. The van der Waals surface area contributed by atoms with Crippen molar-refractivity contribution in [2.75, 3.05) is 13.7 Å². The summed E-state index contributed by atoms with van der Waals surface area (Å²) in [6, 6.07) is 11.1. The van der Waals surface area contributed by atoms with Crippen LogP contribution in [-0.4, -0.2) is 23.9 Å². The summed E-state index contributed by atoms with van der Waals surface area (Å²) in [5, 5.41) is 23.0. The maximum Gasteiger partial charge on any atom is 0.160 e. The summed E-state index contributed by atoms with van der Waals surface area (Å²) in [4.78, 5) is 0. The highest BCUT2D eigenvalue weighted by molar-refractivity contribution is 5.49. The minimum absolute atomic E-state index is 0.132. The fourth-order valence-corrected chi connectivity index (χ4v) is 2.92. The van der Waals surface area contributed by atoms with Gasteiger partial charge >= 0.3 is 0 Å². The average Bonchev–Trinajstić information content (AvgIpc) is 2.47. The number of phenolic OH excluding ortho intramolecular Hbond substituents is 2. The van der Waals surface area contributed by atoms with Gasteiger partial charge in [-0.2, -0.15) is 0 Å². The van der Waals surface area contributed by atoms with Crippen LogP contribution in [0.1, 0.15) is 22.7 Å². The van der Waals surface area contributed by atoms with Gasteiger partial charge in [-0.1, -0.05) is 12.1 Å². The zero-order valence-corrected chi connectivity index (χ0v) is 12.0. The maximum absolute atomic E-state index is 10.0. The van der Waals surface area contributed by atoms with Gasteiger partial charge in [0.25, 0.3) is 0 Å². The number of benzene rings is 2. The predicted octanol–water partition coefficient (Wildman–Crippen LogP) is 2.54. The smallest absolute Gasteiger partial charge is 0.160 e. The lowest BCUT2D eigenvalue weighted by Gasteiger charge is -2.28. The Morgan fingerprint density at radius 3 is 2.86 bits per heavy atom. The van der Waals surface area contributed by atoms with Gasteiger partial charge in [0.1, 0.15) is 5.75 Å². The fraction of sp³-hybridized carbons (Fsp3) is 0.294. The first-order valence-electron chi connectivity index (χ1n) is 7.08. The van der Waals surface area contributed by atoms with Gasteiger partial charge in [0, 0.05) is 6.04 Å². The van der Waals surface area contributed by atoms with E-state index >= 15 is 0 Å². The molecule has 4 heteroatoms. The van der Waals surface area contributed by atoms with Gasteiger partial charge in [-0.15, -0.1) is 0 Å². The lowest BCUT2D eigenvalue weighted by molar-refractivity contribution is 0.370. The summed E-state index contributed by atoms with van der Waals surface area (Å²) >= 11 is 0. The Morgan fingerprint density at radius 1 is 1.24 bits per heavy atom. The van der Waals surface area contributed by atoms with E-state index in [4.69, 9.17) is 4.74 Å². The van der Waals surface area contributed by atoms with Crippen LogP contribution < -0.4 is 10.1 Å². The normalized spacial score (nSPS) is 17.3. The van der Waals surface area contributed by atoms with Crippen molar-refractivity contribution in [3.63, 3.8) is 0 Å². The van der Waals surface area contributed by atoms with E-state index in [-0.39, 0.29) is 17.5 Å². The Labute approximate surface area is 124 Å². The topological polar surface area (TPSA) is 61.7 Å². The molecule has 0 aromatic heterocycles. The van der Waals surface area contributed by atoms with Crippen LogP contribution in [0.15, 0.2) is 36.4 Å². The van der Waals surface area contributed by atoms with E-state index in [1.54, 1.807) is 25.3 Å². The van der Waals surface area contributed by atoms with Gasteiger partial charge in [-0.05, 0) is 60.3 Å². The summed E-state index contributed by atoms with van der Waals surface area (Å²) in [6.07, 6.45) is 1.69. The van der Waals surface area contributed by atoms with Crippen LogP contribution in [0, 0.1) is 0 Å². The zero-order valence-electron chi connectivity index (χ0n) is 12.0. The van der Waals surface area contributed by atoms with Gasteiger partial charge < -0.3 is 20.3 Å². The minimum Gasteiger partial charge on any atom is -0.508 e. The van der Waals surface area contributed by atoms with Crippen LogP contribution in [-0.2, 0) is 12.8 Å². The molecule has 1 aliphatic heterocycles. The highest BCUT2D eigenvalue weighted by atomic mass is 16.5. The molecule has 2 aromatic rings. The summed E-state index contributed by atoms with van der Waals surface area (Å²) in [6.45, 7) is 0.893. The molecule has 0 saturated heterocycles. The van der Waals surface area contributed by atoms with Crippen molar-refractivity contribution in [1.29, 1.82) is 0 Å². The first-order valence-corrected chi connectivity index (χ1v) is 7.08. The van der Waals surface area contributed by atoms with E-state index < -0.39 is 0 Å². The number of phenols is 2. The summed E-state index contributed by atoms with van der Waals surface area (Å²) < 4.78 is 5.18. The average molecular weight is 285 g/mol. The summed E-state index contributed by atoms with van der Waals surface area (Å²) in [5.74, 6) is 0.966. The maximum atomic E-state index is 10.0. The van der Waals surface area contributed by atoms with E-state index in [1.807, 2.05) is 18.2 Å². The number of ether oxygens (including phenoxy) is 1. The molecule has 3 N–H and O–H groups in total. The van der Waals surface area contributed by atoms with Gasteiger partial charge in [0.05, 0.1) is 7.11 Å². The second-order valence-electron chi connectivity index (χ2n) is 5.35. The molecule has 0 bridgehead atoms. The summed E-state index contributed by atoms with van der Waals surface area (Å²) in [5.41, 5.74) is 3.37. The number of methoxy groups -OCH3 is 1. The Bertz CT molecular complexity index is 654. The third-order valence-electron chi connectivity index (χ3n) is 3.95. The molecule has 21 heavy (non-hydrogen) atoms. The third kappa shape index (κ3) is 2.81. The van der Waals surface area contributed by atoms with Crippen molar-refractivity contribution in [3.8, 4) is 17.2 Å². The van der Waals surface area contributed by atoms with E-state index in [0.29, 0.717) is 5.75 Å². The largest absolute Gasteiger partial charge is 0.508 e. The van der Waals surface area contributed by atoms with Gasteiger partial charge in [-0.3, -0.25) is 0 Å². The van der Waals surface area contributed by atoms with E-state index in [1.165, 1.54) is 5.56 Å². The van der Waals surface area contributed by atoms with Crippen molar-refractivity contribution in [3.05, 3.63) is 53.1 Å². The van der Waals surface area contributed by atoms with Crippen LogP contribution in [0.3, 0.4) is 0 Å². The molecular weight excluding hydrogens is 266 g/mol. The molecule has 0 spiro atoms. The van der Waals surface area contributed by atoms with Crippen LogP contribution in [0.4, 0.5) is 0 Å². The Hall–Kier alpha value is -2.20. The number of rotatable bonds is 3. The second kappa shape index (κ2) is 5.66. The van der Waals surface area contributed by atoms with Gasteiger partial charge in [-0.25, -0.2) is 0 Å². The minimum atomic E-state index is 0.132.